The first-order valence-electron chi connectivity index (χ1n) is 9.51. The molecule has 1 rings (SSSR count). The molecular formula is C18H38N4O. The molecule has 1 aliphatic heterocycles. The molecule has 1 fully saturated rings. The van der Waals surface area contributed by atoms with Crippen molar-refractivity contribution in [3.05, 3.63) is 0 Å². The normalized spacial score (nSPS) is 18.9. The van der Waals surface area contributed by atoms with Crippen LogP contribution in [0.25, 0.3) is 0 Å². The van der Waals surface area contributed by atoms with Crippen LogP contribution in [0, 0.1) is 5.92 Å². The molecule has 5 heteroatoms. The minimum Gasteiger partial charge on any atom is -0.382 e. The minimum absolute atomic E-state index is 0.524. The van der Waals surface area contributed by atoms with Crippen LogP contribution in [0.2, 0.25) is 0 Å². The smallest absolute Gasteiger partial charge is 0.191 e. The second-order valence-corrected chi connectivity index (χ2v) is 6.62. The average Bonchev–Trinajstić information content (AvgIpc) is 2.56. The van der Waals surface area contributed by atoms with Crippen LogP contribution in [0.3, 0.4) is 0 Å². The number of ether oxygens (including phenoxy) is 1. The van der Waals surface area contributed by atoms with E-state index >= 15 is 0 Å². The van der Waals surface area contributed by atoms with E-state index in [0.717, 1.165) is 57.6 Å². The lowest BCUT2D eigenvalue weighted by molar-refractivity contribution is 0.143. The Labute approximate surface area is 143 Å². The molecule has 0 spiro atoms. The number of hydrogen-bond acceptors (Lipinski definition) is 3. The number of nitrogens with one attached hydrogen (secondary N) is 2. The number of aliphatic imine (C=N–C) groups is 1. The fraction of sp³-hybridized carbons (Fsp3) is 0.944. The molecule has 23 heavy (non-hydrogen) atoms. The van der Waals surface area contributed by atoms with Gasteiger partial charge >= 0.3 is 0 Å². The lowest BCUT2D eigenvalue weighted by atomic mass is 9.98. The summed E-state index contributed by atoms with van der Waals surface area (Å²) in [5, 5.41) is 6.77. The quantitative estimate of drug-likeness (QED) is 0.368. The molecule has 1 unspecified atom stereocenters. The molecule has 5 nitrogen and oxygen atoms in total. The predicted octanol–water partition coefficient (Wildman–Crippen LogP) is 2.48. The van der Waals surface area contributed by atoms with E-state index in [2.05, 4.69) is 36.3 Å². The summed E-state index contributed by atoms with van der Waals surface area (Å²) in [6.45, 7) is 15.6. The molecule has 2 N–H and O–H groups in total. The zero-order valence-corrected chi connectivity index (χ0v) is 15.7. The third-order valence-electron chi connectivity index (χ3n) is 4.51. The van der Waals surface area contributed by atoms with Gasteiger partial charge in [-0.25, -0.2) is 0 Å². The average molecular weight is 327 g/mol. The van der Waals surface area contributed by atoms with E-state index in [1.165, 1.54) is 25.9 Å². The maximum absolute atomic E-state index is 5.36. The molecule has 0 aromatic heterocycles. The van der Waals surface area contributed by atoms with Crippen LogP contribution in [0.1, 0.15) is 53.4 Å². The summed E-state index contributed by atoms with van der Waals surface area (Å²) in [6, 6.07) is 0.524. The summed E-state index contributed by atoms with van der Waals surface area (Å²) in [5.74, 6) is 1.83. The lowest BCUT2D eigenvalue weighted by Crippen LogP contribution is -2.43. The summed E-state index contributed by atoms with van der Waals surface area (Å²) in [5.41, 5.74) is 0. The van der Waals surface area contributed by atoms with Crippen molar-refractivity contribution in [2.24, 2.45) is 10.9 Å². The van der Waals surface area contributed by atoms with Crippen LogP contribution >= 0.6 is 0 Å². The van der Waals surface area contributed by atoms with Crippen molar-refractivity contribution in [1.29, 1.82) is 0 Å². The number of guanidine groups is 1. The number of rotatable bonds is 10. The molecule has 1 saturated heterocycles. The standard InChI is InChI=1S/C18H38N4O/c1-5-19-18(20-11-7-8-14-23-6-2)21-15-17(4)22-12-9-16(3)10-13-22/h16-17H,5-15H2,1-4H3,(H2,19,20,21). The van der Waals surface area contributed by atoms with Crippen LogP contribution < -0.4 is 10.6 Å². The third-order valence-corrected chi connectivity index (χ3v) is 4.51. The van der Waals surface area contributed by atoms with Gasteiger partial charge in [0.05, 0.1) is 6.54 Å². The monoisotopic (exact) mass is 326 g/mol. The van der Waals surface area contributed by atoms with Gasteiger partial charge in [0, 0.05) is 32.3 Å². The van der Waals surface area contributed by atoms with Gasteiger partial charge in [-0.3, -0.25) is 9.89 Å². The van der Waals surface area contributed by atoms with E-state index in [1.54, 1.807) is 0 Å². The Morgan fingerprint density at radius 2 is 1.96 bits per heavy atom. The van der Waals surface area contributed by atoms with Gasteiger partial charge in [0.2, 0.25) is 0 Å². The highest BCUT2D eigenvalue weighted by atomic mass is 16.5. The molecule has 1 aliphatic rings. The van der Waals surface area contributed by atoms with Crippen LogP contribution in [0.4, 0.5) is 0 Å². The SMILES string of the molecule is CCNC(=NCC(C)N1CCC(C)CC1)NCCCCOCC. The highest BCUT2D eigenvalue weighted by molar-refractivity contribution is 5.79. The first kappa shape index (κ1) is 20.2. The van der Waals surface area contributed by atoms with Gasteiger partial charge in [0.25, 0.3) is 0 Å². The number of nitrogens with zero attached hydrogens (tertiary/aromatic N) is 2. The molecular weight excluding hydrogens is 288 g/mol. The van der Waals surface area contributed by atoms with Gasteiger partial charge in [-0.05, 0) is 65.5 Å². The molecule has 0 aromatic rings. The van der Waals surface area contributed by atoms with E-state index in [-0.39, 0.29) is 0 Å². The molecule has 1 heterocycles. The number of hydrogen-bond donors (Lipinski definition) is 2. The van der Waals surface area contributed by atoms with E-state index in [1.807, 2.05) is 6.92 Å². The molecule has 0 radical (unpaired) electrons. The van der Waals surface area contributed by atoms with Crippen molar-refractivity contribution in [2.45, 2.75) is 59.4 Å². The van der Waals surface area contributed by atoms with Crippen LogP contribution in [-0.4, -0.2) is 62.8 Å². The number of unbranched alkanes of at least 4 members (excludes halogenated alkanes) is 1. The Morgan fingerprint density at radius 1 is 1.22 bits per heavy atom. The summed E-state index contributed by atoms with van der Waals surface area (Å²) in [7, 11) is 0. The third kappa shape index (κ3) is 9.16. The van der Waals surface area contributed by atoms with E-state index < -0.39 is 0 Å². The van der Waals surface area contributed by atoms with Gasteiger partial charge < -0.3 is 15.4 Å². The van der Waals surface area contributed by atoms with Crippen molar-refractivity contribution < 1.29 is 4.74 Å². The molecule has 136 valence electrons. The Bertz CT molecular complexity index is 314. The molecule has 1 atom stereocenters. The van der Waals surface area contributed by atoms with E-state index in [0.29, 0.717) is 6.04 Å². The fourth-order valence-electron chi connectivity index (χ4n) is 2.83. The largest absolute Gasteiger partial charge is 0.382 e. The van der Waals surface area contributed by atoms with Crippen molar-refractivity contribution in [3.8, 4) is 0 Å². The maximum Gasteiger partial charge on any atom is 0.191 e. The minimum atomic E-state index is 0.524. The first-order valence-corrected chi connectivity index (χ1v) is 9.51. The van der Waals surface area contributed by atoms with Crippen LogP contribution in [-0.2, 0) is 4.74 Å². The summed E-state index contributed by atoms with van der Waals surface area (Å²) < 4.78 is 5.36. The summed E-state index contributed by atoms with van der Waals surface area (Å²) in [6.07, 6.45) is 4.87. The zero-order valence-electron chi connectivity index (χ0n) is 15.7. The summed E-state index contributed by atoms with van der Waals surface area (Å²) in [4.78, 5) is 7.34. The highest BCUT2D eigenvalue weighted by Crippen LogP contribution is 2.17. The topological polar surface area (TPSA) is 48.9 Å². The van der Waals surface area contributed by atoms with E-state index in [4.69, 9.17) is 9.73 Å². The van der Waals surface area contributed by atoms with Gasteiger partial charge in [-0.15, -0.1) is 0 Å². The summed E-state index contributed by atoms with van der Waals surface area (Å²) >= 11 is 0. The predicted molar refractivity (Wildman–Crippen MR) is 99.1 cm³/mol. The molecule has 0 bridgehead atoms. The number of likely N-dealkylation sites (tertiary alicyclic amines) is 1. The Kier molecular flexibility index (Phi) is 11.1. The lowest BCUT2D eigenvalue weighted by Gasteiger charge is -2.34. The van der Waals surface area contributed by atoms with Crippen molar-refractivity contribution in [3.63, 3.8) is 0 Å². The van der Waals surface area contributed by atoms with Gasteiger partial charge in [0.1, 0.15) is 0 Å². The van der Waals surface area contributed by atoms with Crippen molar-refractivity contribution in [1.82, 2.24) is 15.5 Å². The highest BCUT2D eigenvalue weighted by Gasteiger charge is 2.19. The van der Waals surface area contributed by atoms with E-state index in [9.17, 15) is 0 Å². The van der Waals surface area contributed by atoms with Crippen molar-refractivity contribution in [2.75, 3.05) is 45.9 Å². The molecule has 0 amide bonds. The Hall–Kier alpha value is -0.810. The fourth-order valence-corrected chi connectivity index (χ4v) is 2.83. The first-order chi connectivity index (χ1) is 11.2. The van der Waals surface area contributed by atoms with Crippen LogP contribution in [0.15, 0.2) is 4.99 Å². The second-order valence-electron chi connectivity index (χ2n) is 6.62. The second kappa shape index (κ2) is 12.6. The Balaban J connectivity index is 2.27. The number of piperidine rings is 1. The van der Waals surface area contributed by atoms with Gasteiger partial charge in [-0.2, -0.15) is 0 Å². The Morgan fingerprint density at radius 3 is 2.61 bits per heavy atom. The zero-order chi connectivity index (χ0) is 16.9. The van der Waals surface area contributed by atoms with Crippen LogP contribution in [0.5, 0.6) is 0 Å². The maximum atomic E-state index is 5.36. The molecule has 0 aliphatic carbocycles. The van der Waals surface area contributed by atoms with Gasteiger partial charge in [-0.1, -0.05) is 6.92 Å². The van der Waals surface area contributed by atoms with Crippen molar-refractivity contribution >= 4 is 5.96 Å². The van der Waals surface area contributed by atoms with Gasteiger partial charge in [0.15, 0.2) is 5.96 Å². The molecule has 0 aromatic carbocycles. The molecule has 0 saturated carbocycles.